The predicted octanol–water partition coefficient (Wildman–Crippen LogP) is 2.56. The summed E-state index contributed by atoms with van der Waals surface area (Å²) in [6, 6.07) is 13.2. The fraction of sp³-hybridized carbons (Fsp3) is 0.111. The molecule has 3 aromatic rings. The minimum Gasteiger partial charge on any atom is -0.455 e. The minimum absolute atomic E-state index is 0.0184. The third-order valence-corrected chi connectivity index (χ3v) is 5.82. The van der Waals surface area contributed by atoms with Gasteiger partial charge in [0.05, 0.1) is 27.2 Å². The lowest BCUT2D eigenvalue weighted by Gasteiger charge is -2.06. The number of hydrogen-bond acceptors (Lipinski definition) is 6. The second-order valence-corrected chi connectivity index (χ2v) is 8.09. The maximum atomic E-state index is 12.2. The molecule has 0 radical (unpaired) electrons. The molecule has 1 N–H and O–H groups in total. The number of sulfonamides is 1. The lowest BCUT2D eigenvalue weighted by Crippen LogP contribution is -2.24. The number of nitrogens with one attached hydrogen (secondary N) is 1. The zero-order chi connectivity index (χ0) is 18.6. The molecule has 0 amide bonds. The first-order valence-corrected chi connectivity index (χ1v) is 9.84. The van der Waals surface area contributed by atoms with Crippen LogP contribution in [0.15, 0.2) is 53.4 Å². The Kier molecular flexibility index (Phi) is 5.32. The highest BCUT2D eigenvalue weighted by molar-refractivity contribution is 7.89. The van der Waals surface area contributed by atoms with Crippen LogP contribution in [0.2, 0.25) is 0 Å². The summed E-state index contributed by atoms with van der Waals surface area (Å²) in [5.74, 6) is 1.57. The van der Waals surface area contributed by atoms with Gasteiger partial charge in [-0.05, 0) is 30.3 Å². The Morgan fingerprint density at radius 1 is 1.23 bits per heavy atom. The van der Waals surface area contributed by atoms with Crippen LogP contribution in [-0.2, 0) is 21.4 Å². The van der Waals surface area contributed by atoms with Gasteiger partial charge in [0, 0.05) is 0 Å². The number of para-hydroxylation sites is 1. The number of benzene rings is 2. The molecule has 1 aromatic heterocycles. The van der Waals surface area contributed by atoms with Crippen LogP contribution in [0.25, 0.3) is 10.2 Å². The van der Waals surface area contributed by atoms with E-state index >= 15 is 0 Å². The second-order valence-electron chi connectivity index (χ2n) is 5.21. The Bertz CT molecular complexity index is 1060. The van der Waals surface area contributed by atoms with Crippen LogP contribution >= 0.6 is 11.3 Å². The van der Waals surface area contributed by atoms with Gasteiger partial charge >= 0.3 is 5.97 Å². The number of esters is 1. The Hall–Kier alpha value is -2.73. The molecule has 0 aliphatic carbocycles. The first kappa shape index (κ1) is 18.1. The van der Waals surface area contributed by atoms with Crippen LogP contribution in [0.5, 0.6) is 0 Å². The summed E-state index contributed by atoms with van der Waals surface area (Å²) in [5.41, 5.74) is 0.978. The molecular weight excluding hydrogens is 372 g/mol. The summed E-state index contributed by atoms with van der Waals surface area (Å²) in [7, 11) is -3.77. The molecule has 0 unspecified atom stereocenters. The smallest absolute Gasteiger partial charge is 0.338 e. The van der Waals surface area contributed by atoms with E-state index in [1.54, 1.807) is 0 Å². The van der Waals surface area contributed by atoms with Crippen molar-refractivity contribution >= 4 is 37.5 Å². The van der Waals surface area contributed by atoms with Crippen molar-refractivity contribution in [3.63, 3.8) is 0 Å². The average molecular weight is 386 g/mol. The zero-order valence-corrected chi connectivity index (χ0v) is 15.1. The van der Waals surface area contributed by atoms with Crippen molar-refractivity contribution in [3.05, 3.63) is 59.1 Å². The van der Waals surface area contributed by atoms with Crippen molar-refractivity contribution in [2.24, 2.45) is 0 Å². The molecule has 0 aliphatic rings. The van der Waals surface area contributed by atoms with E-state index in [1.165, 1.54) is 35.6 Å². The molecule has 132 valence electrons. The van der Waals surface area contributed by atoms with Crippen LogP contribution in [0.4, 0.5) is 0 Å². The number of carbonyl (C=O) groups is 1. The number of fused-ring (bicyclic) bond motifs is 1. The van der Waals surface area contributed by atoms with Crippen LogP contribution < -0.4 is 4.72 Å². The van der Waals surface area contributed by atoms with Gasteiger partial charge in [0.2, 0.25) is 10.0 Å². The predicted molar refractivity (Wildman–Crippen MR) is 99.2 cm³/mol. The van der Waals surface area contributed by atoms with E-state index in [1.807, 2.05) is 24.3 Å². The Morgan fingerprint density at radius 3 is 2.81 bits per heavy atom. The molecule has 0 saturated carbocycles. The van der Waals surface area contributed by atoms with E-state index < -0.39 is 16.0 Å². The molecule has 1 heterocycles. The number of terminal acetylenes is 1. The van der Waals surface area contributed by atoms with E-state index in [0.717, 1.165) is 10.2 Å². The average Bonchev–Trinajstić information content (AvgIpc) is 3.07. The molecule has 2 aromatic carbocycles. The van der Waals surface area contributed by atoms with Crippen LogP contribution in [-0.4, -0.2) is 25.9 Å². The summed E-state index contributed by atoms with van der Waals surface area (Å²) in [5, 5.41) is 0.666. The molecule has 0 spiro atoms. The van der Waals surface area contributed by atoms with Gasteiger partial charge in [0.1, 0.15) is 11.6 Å². The largest absolute Gasteiger partial charge is 0.455 e. The van der Waals surface area contributed by atoms with E-state index in [0.29, 0.717) is 5.01 Å². The number of aromatic nitrogens is 1. The molecule has 6 nitrogen and oxygen atoms in total. The molecule has 8 heteroatoms. The van der Waals surface area contributed by atoms with Crippen molar-refractivity contribution in [2.75, 3.05) is 6.54 Å². The SMILES string of the molecule is C#CCNS(=O)(=O)c1cccc(C(=O)OCc2nc3ccccc3s2)c1. The molecule has 0 saturated heterocycles. The quantitative estimate of drug-likeness (QED) is 0.520. The van der Waals surface area contributed by atoms with Gasteiger partial charge < -0.3 is 4.74 Å². The van der Waals surface area contributed by atoms with Crippen LogP contribution in [0.1, 0.15) is 15.4 Å². The molecule has 3 rings (SSSR count). The highest BCUT2D eigenvalue weighted by Crippen LogP contribution is 2.22. The number of thiazole rings is 1. The molecular formula is C18H14N2O4S2. The second kappa shape index (κ2) is 7.66. The summed E-state index contributed by atoms with van der Waals surface area (Å²) in [4.78, 5) is 16.6. The van der Waals surface area contributed by atoms with Crippen molar-refractivity contribution in [2.45, 2.75) is 11.5 Å². The monoisotopic (exact) mass is 386 g/mol. The maximum absolute atomic E-state index is 12.2. The van der Waals surface area contributed by atoms with E-state index in [-0.39, 0.29) is 23.6 Å². The van der Waals surface area contributed by atoms with Gasteiger partial charge in [0.25, 0.3) is 0 Å². The number of hydrogen-bond donors (Lipinski definition) is 1. The molecule has 0 fully saturated rings. The third kappa shape index (κ3) is 4.08. The van der Waals surface area contributed by atoms with Crippen LogP contribution in [0.3, 0.4) is 0 Å². The first-order chi connectivity index (χ1) is 12.5. The highest BCUT2D eigenvalue weighted by Gasteiger charge is 2.16. The van der Waals surface area contributed by atoms with Gasteiger partial charge in [-0.25, -0.2) is 18.2 Å². The third-order valence-electron chi connectivity index (χ3n) is 3.41. The van der Waals surface area contributed by atoms with Crippen molar-refractivity contribution in [1.29, 1.82) is 0 Å². The summed E-state index contributed by atoms with van der Waals surface area (Å²) >= 11 is 1.44. The van der Waals surface area contributed by atoms with Gasteiger partial charge in [-0.15, -0.1) is 17.8 Å². The van der Waals surface area contributed by atoms with Crippen LogP contribution in [0, 0.1) is 12.3 Å². The topological polar surface area (TPSA) is 85.4 Å². The van der Waals surface area contributed by atoms with E-state index in [2.05, 4.69) is 15.6 Å². The fourth-order valence-electron chi connectivity index (χ4n) is 2.20. The lowest BCUT2D eigenvalue weighted by atomic mass is 10.2. The molecule has 0 bridgehead atoms. The molecule has 0 aliphatic heterocycles. The number of ether oxygens (including phenoxy) is 1. The fourth-order valence-corrected chi connectivity index (χ4v) is 4.06. The Morgan fingerprint density at radius 2 is 2.04 bits per heavy atom. The van der Waals surface area contributed by atoms with Gasteiger partial charge in [-0.1, -0.05) is 24.1 Å². The highest BCUT2D eigenvalue weighted by atomic mass is 32.2. The first-order valence-electron chi connectivity index (χ1n) is 7.54. The minimum atomic E-state index is -3.77. The van der Waals surface area contributed by atoms with Crippen molar-refractivity contribution in [3.8, 4) is 12.3 Å². The maximum Gasteiger partial charge on any atom is 0.338 e. The summed E-state index contributed by atoms with van der Waals surface area (Å²) in [6.07, 6.45) is 5.06. The Balaban J connectivity index is 1.72. The van der Waals surface area contributed by atoms with Gasteiger partial charge in [0.15, 0.2) is 0 Å². The molecule has 26 heavy (non-hydrogen) atoms. The standard InChI is InChI=1S/C18H14N2O4S2/c1-2-10-19-26(22,23)14-7-5-6-13(11-14)18(21)24-12-17-20-15-8-3-4-9-16(15)25-17/h1,3-9,11,19H,10,12H2. The Labute approximate surface area is 154 Å². The lowest BCUT2D eigenvalue weighted by molar-refractivity contribution is 0.0472. The molecule has 0 atom stereocenters. The van der Waals surface area contributed by atoms with Crippen molar-refractivity contribution in [1.82, 2.24) is 9.71 Å². The zero-order valence-electron chi connectivity index (χ0n) is 13.5. The number of nitrogens with zero attached hydrogens (tertiary/aromatic N) is 1. The number of carbonyl (C=O) groups excluding carboxylic acids is 1. The summed E-state index contributed by atoms with van der Waals surface area (Å²) in [6.45, 7) is -0.112. The van der Waals surface area contributed by atoms with E-state index in [9.17, 15) is 13.2 Å². The summed E-state index contributed by atoms with van der Waals surface area (Å²) < 4.78 is 32.7. The van der Waals surface area contributed by atoms with Crippen molar-refractivity contribution < 1.29 is 17.9 Å². The normalized spacial score (nSPS) is 11.2. The number of rotatable bonds is 6. The van der Waals surface area contributed by atoms with E-state index in [4.69, 9.17) is 11.2 Å². The van der Waals surface area contributed by atoms with Gasteiger partial charge in [-0.3, -0.25) is 0 Å². The van der Waals surface area contributed by atoms with Gasteiger partial charge in [-0.2, -0.15) is 4.72 Å².